The molecule has 204 valence electrons. The molecule has 1 aliphatic rings. The van der Waals surface area contributed by atoms with Crippen LogP contribution in [0, 0.1) is 19.8 Å². The summed E-state index contributed by atoms with van der Waals surface area (Å²) in [7, 11) is 0. The van der Waals surface area contributed by atoms with Crippen LogP contribution in [-0.4, -0.2) is 30.3 Å². The Hall–Kier alpha value is -2.91. The third-order valence-electron chi connectivity index (χ3n) is 6.50. The lowest BCUT2D eigenvalue weighted by molar-refractivity contribution is -0.156. The average molecular weight is 548 g/mol. The molecule has 0 aliphatic heterocycles. The largest absolute Gasteiger partial charge is 0.485 e. The molecule has 1 saturated carbocycles. The van der Waals surface area contributed by atoms with Gasteiger partial charge >= 0.3 is 12.1 Å². The SMILES string of the molecule is CCOC(=O)C(Cc1ccc(OC(c2sc(-c3ccc(C(F)(F)F)cc3)nc2C)C2CC2)cc1C)OCC. The van der Waals surface area contributed by atoms with Gasteiger partial charge in [0.2, 0.25) is 0 Å². The predicted molar refractivity (Wildman–Crippen MR) is 140 cm³/mol. The number of alkyl halides is 3. The number of ether oxygens (including phenoxy) is 3. The number of hydrogen-bond donors (Lipinski definition) is 0. The zero-order chi connectivity index (χ0) is 27.4. The monoisotopic (exact) mass is 547 g/mol. The first-order valence-corrected chi connectivity index (χ1v) is 13.6. The second-order valence-corrected chi connectivity index (χ2v) is 10.4. The minimum atomic E-state index is -4.37. The Morgan fingerprint density at radius 1 is 1.08 bits per heavy atom. The van der Waals surface area contributed by atoms with Gasteiger partial charge in [-0.15, -0.1) is 11.3 Å². The van der Waals surface area contributed by atoms with Crippen LogP contribution in [0.25, 0.3) is 10.6 Å². The van der Waals surface area contributed by atoms with Crippen LogP contribution >= 0.6 is 11.3 Å². The highest BCUT2D eigenvalue weighted by Crippen LogP contribution is 2.47. The summed E-state index contributed by atoms with van der Waals surface area (Å²) in [6.07, 6.45) is -2.71. The summed E-state index contributed by atoms with van der Waals surface area (Å²) in [6.45, 7) is 8.22. The van der Waals surface area contributed by atoms with Crippen molar-refractivity contribution >= 4 is 17.3 Å². The van der Waals surface area contributed by atoms with Gasteiger partial charge in [-0.3, -0.25) is 0 Å². The highest BCUT2D eigenvalue weighted by Gasteiger charge is 2.37. The molecule has 0 saturated heterocycles. The number of carbonyl (C=O) groups is 1. The van der Waals surface area contributed by atoms with E-state index in [1.54, 1.807) is 6.92 Å². The lowest BCUT2D eigenvalue weighted by Gasteiger charge is -2.20. The summed E-state index contributed by atoms with van der Waals surface area (Å²) >= 11 is 1.47. The van der Waals surface area contributed by atoms with Gasteiger partial charge in [0.25, 0.3) is 0 Å². The number of esters is 1. The van der Waals surface area contributed by atoms with E-state index in [0.29, 0.717) is 36.1 Å². The van der Waals surface area contributed by atoms with E-state index in [2.05, 4.69) is 4.98 Å². The Bertz CT molecular complexity index is 1250. The molecule has 2 aromatic carbocycles. The van der Waals surface area contributed by atoms with E-state index in [-0.39, 0.29) is 12.1 Å². The minimum Gasteiger partial charge on any atom is -0.485 e. The number of aryl methyl sites for hydroxylation is 2. The maximum Gasteiger partial charge on any atom is 0.416 e. The minimum absolute atomic E-state index is 0.184. The van der Waals surface area contributed by atoms with Gasteiger partial charge in [0.15, 0.2) is 6.10 Å². The highest BCUT2D eigenvalue weighted by molar-refractivity contribution is 7.15. The number of halogens is 3. The van der Waals surface area contributed by atoms with Crippen molar-refractivity contribution in [1.82, 2.24) is 4.98 Å². The third-order valence-corrected chi connectivity index (χ3v) is 7.77. The Kier molecular flexibility index (Phi) is 8.78. The molecule has 1 aliphatic carbocycles. The van der Waals surface area contributed by atoms with Crippen LogP contribution in [0.15, 0.2) is 42.5 Å². The molecule has 1 aromatic heterocycles. The molecular weight excluding hydrogens is 515 g/mol. The number of hydrogen-bond acceptors (Lipinski definition) is 6. The van der Waals surface area contributed by atoms with Crippen molar-refractivity contribution < 1.29 is 32.2 Å². The number of nitrogens with zero attached hydrogens (tertiary/aromatic N) is 1. The lowest BCUT2D eigenvalue weighted by Crippen LogP contribution is -2.29. The molecule has 2 unspecified atom stereocenters. The van der Waals surface area contributed by atoms with Crippen LogP contribution in [0.4, 0.5) is 13.2 Å². The quantitative estimate of drug-likeness (QED) is 0.233. The highest BCUT2D eigenvalue weighted by atomic mass is 32.1. The lowest BCUT2D eigenvalue weighted by atomic mass is 10.0. The molecule has 0 amide bonds. The van der Waals surface area contributed by atoms with Crippen molar-refractivity contribution in [3.05, 3.63) is 69.7 Å². The molecule has 0 radical (unpaired) electrons. The fourth-order valence-electron chi connectivity index (χ4n) is 4.32. The van der Waals surface area contributed by atoms with Crippen LogP contribution in [0.3, 0.4) is 0 Å². The first-order valence-electron chi connectivity index (χ1n) is 12.8. The normalized spacial score (nSPS) is 15.2. The third kappa shape index (κ3) is 6.74. The number of rotatable bonds is 11. The van der Waals surface area contributed by atoms with Crippen LogP contribution in [0.1, 0.15) is 60.1 Å². The summed E-state index contributed by atoms with van der Waals surface area (Å²) in [5, 5.41) is 0.674. The van der Waals surface area contributed by atoms with Crippen LogP contribution in [0.5, 0.6) is 5.75 Å². The average Bonchev–Trinajstić information content (AvgIpc) is 3.64. The van der Waals surface area contributed by atoms with Crippen LogP contribution < -0.4 is 4.74 Å². The zero-order valence-corrected chi connectivity index (χ0v) is 22.7. The van der Waals surface area contributed by atoms with E-state index in [0.717, 1.165) is 52.4 Å². The standard InChI is InChI=1S/C29H32F3NO4S/c1-5-35-24(28(34)36-6-2)16-21-11-14-23(15-17(21)3)37-25(19-7-8-19)26-18(4)33-27(38-26)20-9-12-22(13-10-20)29(30,31)32/h9-15,19,24-25H,5-8,16H2,1-4H3. The summed E-state index contributed by atoms with van der Waals surface area (Å²) in [4.78, 5) is 17.9. The van der Waals surface area contributed by atoms with Crippen LogP contribution in [0.2, 0.25) is 0 Å². The van der Waals surface area contributed by atoms with Gasteiger partial charge < -0.3 is 14.2 Å². The maximum absolute atomic E-state index is 13.0. The zero-order valence-electron chi connectivity index (χ0n) is 21.9. The Balaban J connectivity index is 1.52. The molecule has 3 aromatic rings. The molecular formula is C29H32F3NO4S. The van der Waals surface area contributed by atoms with Gasteiger partial charge in [-0.2, -0.15) is 13.2 Å². The topological polar surface area (TPSA) is 57.7 Å². The molecule has 4 rings (SSSR count). The van der Waals surface area contributed by atoms with E-state index in [1.165, 1.54) is 23.5 Å². The summed E-state index contributed by atoms with van der Waals surface area (Å²) in [6, 6.07) is 10.9. The van der Waals surface area contributed by atoms with E-state index < -0.39 is 17.8 Å². The van der Waals surface area contributed by atoms with E-state index >= 15 is 0 Å². The van der Waals surface area contributed by atoms with Crippen molar-refractivity contribution in [3.8, 4) is 16.3 Å². The molecule has 38 heavy (non-hydrogen) atoms. The summed E-state index contributed by atoms with van der Waals surface area (Å²) in [5.41, 5.74) is 2.76. The van der Waals surface area contributed by atoms with Gasteiger partial charge in [0.05, 0.1) is 22.7 Å². The van der Waals surface area contributed by atoms with E-state index in [4.69, 9.17) is 14.2 Å². The predicted octanol–water partition coefficient (Wildman–Crippen LogP) is 7.49. The summed E-state index contributed by atoms with van der Waals surface area (Å²) in [5.74, 6) is 0.712. The number of aromatic nitrogens is 1. The summed E-state index contributed by atoms with van der Waals surface area (Å²) < 4.78 is 56.1. The van der Waals surface area contributed by atoms with Crippen molar-refractivity contribution in [3.63, 3.8) is 0 Å². The van der Waals surface area contributed by atoms with Crippen molar-refractivity contribution in [2.45, 2.75) is 65.3 Å². The number of thiazole rings is 1. The van der Waals surface area contributed by atoms with Gasteiger partial charge in [-0.05, 0) is 75.9 Å². The smallest absolute Gasteiger partial charge is 0.416 e. The second-order valence-electron chi connectivity index (χ2n) is 9.41. The van der Waals surface area contributed by atoms with Crippen molar-refractivity contribution in [2.24, 2.45) is 5.92 Å². The molecule has 0 N–H and O–H groups in total. The molecule has 0 spiro atoms. The molecule has 1 heterocycles. The number of carbonyl (C=O) groups excluding carboxylic acids is 1. The van der Waals surface area contributed by atoms with E-state index in [1.807, 2.05) is 39.0 Å². The second kappa shape index (κ2) is 11.9. The van der Waals surface area contributed by atoms with Gasteiger partial charge in [-0.1, -0.05) is 18.2 Å². The first kappa shape index (κ1) is 28.1. The molecule has 5 nitrogen and oxygen atoms in total. The molecule has 2 atom stereocenters. The van der Waals surface area contributed by atoms with Gasteiger partial charge in [0.1, 0.15) is 16.9 Å². The van der Waals surface area contributed by atoms with Gasteiger partial charge in [-0.25, -0.2) is 9.78 Å². The van der Waals surface area contributed by atoms with Crippen molar-refractivity contribution in [1.29, 1.82) is 0 Å². The number of benzene rings is 2. The van der Waals surface area contributed by atoms with Crippen molar-refractivity contribution in [2.75, 3.05) is 13.2 Å². The molecule has 1 fully saturated rings. The van der Waals surface area contributed by atoms with Crippen LogP contribution in [-0.2, 0) is 26.9 Å². The Morgan fingerprint density at radius 2 is 1.79 bits per heavy atom. The molecule has 9 heteroatoms. The Labute approximate surface area is 225 Å². The Morgan fingerprint density at radius 3 is 2.37 bits per heavy atom. The fourth-order valence-corrected chi connectivity index (χ4v) is 5.52. The first-order chi connectivity index (χ1) is 18.1. The molecule has 0 bridgehead atoms. The fraction of sp³-hybridized carbons (Fsp3) is 0.448. The van der Waals surface area contributed by atoms with Gasteiger partial charge in [0, 0.05) is 24.5 Å². The maximum atomic E-state index is 13.0. The van der Waals surface area contributed by atoms with E-state index in [9.17, 15) is 18.0 Å².